The van der Waals surface area contributed by atoms with Crippen molar-refractivity contribution in [3.8, 4) is 0 Å². The highest BCUT2D eigenvalue weighted by molar-refractivity contribution is 5.21. The molecule has 0 spiro atoms. The monoisotopic (exact) mass is 186 g/mol. The van der Waals surface area contributed by atoms with Crippen LogP contribution in [0, 0.1) is 5.92 Å². The lowest BCUT2D eigenvalue weighted by molar-refractivity contribution is 0.323. The van der Waals surface area contributed by atoms with Gasteiger partial charge in [-0.2, -0.15) is 0 Å². The number of allylic oxidation sites excluding steroid dienone is 4. The third-order valence-corrected chi connectivity index (χ3v) is 1.85. The molecule has 2 unspecified atom stereocenters. The first-order chi connectivity index (χ1) is 6.22. The molecule has 0 nitrogen and oxygen atoms in total. The fraction of sp³-hybridized carbons (Fsp3) is 0.667. The van der Waals surface area contributed by atoms with Gasteiger partial charge < -0.3 is 0 Å². The SMILES string of the molecule is CC.CC.CC1=CC=CC(F)C1C. The molecule has 0 bridgehead atoms. The molecule has 13 heavy (non-hydrogen) atoms. The van der Waals surface area contributed by atoms with Gasteiger partial charge in [0.2, 0.25) is 0 Å². The first kappa shape index (κ1) is 14.9. The van der Waals surface area contributed by atoms with Crippen molar-refractivity contribution in [2.75, 3.05) is 0 Å². The van der Waals surface area contributed by atoms with Crippen LogP contribution in [0.2, 0.25) is 0 Å². The Morgan fingerprint density at radius 1 is 1.15 bits per heavy atom. The van der Waals surface area contributed by atoms with Crippen molar-refractivity contribution >= 4 is 0 Å². The van der Waals surface area contributed by atoms with E-state index in [2.05, 4.69) is 0 Å². The Labute approximate surface area is 82.5 Å². The number of hydrogen-bond donors (Lipinski definition) is 0. The summed E-state index contributed by atoms with van der Waals surface area (Å²) in [6, 6.07) is 0. The highest BCUT2D eigenvalue weighted by Gasteiger charge is 2.16. The molecular formula is C12H23F. The Balaban J connectivity index is 0. The molecule has 0 aromatic rings. The predicted octanol–water partition coefficient (Wildman–Crippen LogP) is 4.53. The van der Waals surface area contributed by atoms with Gasteiger partial charge in [0, 0.05) is 5.92 Å². The van der Waals surface area contributed by atoms with Gasteiger partial charge in [0.05, 0.1) is 0 Å². The molecule has 0 saturated heterocycles. The van der Waals surface area contributed by atoms with Crippen LogP contribution in [0.4, 0.5) is 4.39 Å². The van der Waals surface area contributed by atoms with E-state index in [1.54, 1.807) is 12.2 Å². The maximum Gasteiger partial charge on any atom is 0.125 e. The normalized spacial score (nSPS) is 24.7. The van der Waals surface area contributed by atoms with Gasteiger partial charge in [-0.3, -0.25) is 0 Å². The Morgan fingerprint density at radius 2 is 1.62 bits per heavy atom. The highest BCUT2D eigenvalue weighted by atomic mass is 19.1. The zero-order valence-electron chi connectivity index (χ0n) is 9.76. The quantitative estimate of drug-likeness (QED) is 0.521. The van der Waals surface area contributed by atoms with Gasteiger partial charge in [-0.1, -0.05) is 58.4 Å². The summed E-state index contributed by atoms with van der Waals surface area (Å²) in [4.78, 5) is 0. The Hall–Kier alpha value is -0.590. The maximum absolute atomic E-state index is 12.7. The van der Waals surface area contributed by atoms with Crippen molar-refractivity contribution in [2.24, 2.45) is 5.92 Å². The third kappa shape index (κ3) is 5.62. The molecule has 0 aliphatic heterocycles. The van der Waals surface area contributed by atoms with Crippen LogP contribution < -0.4 is 0 Å². The Kier molecular flexibility index (Phi) is 10.9. The molecule has 0 fully saturated rings. The van der Waals surface area contributed by atoms with E-state index in [0.29, 0.717) is 0 Å². The molecule has 0 saturated carbocycles. The van der Waals surface area contributed by atoms with Crippen LogP contribution in [0.25, 0.3) is 0 Å². The van der Waals surface area contributed by atoms with E-state index in [-0.39, 0.29) is 5.92 Å². The predicted molar refractivity (Wildman–Crippen MR) is 59.7 cm³/mol. The number of halogens is 1. The molecule has 2 atom stereocenters. The van der Waals surface area contributed by atoms with Gasteiger partial charge in [0.15, 0.2) is 0 Å². The average molecular weight is 186 g/mol. The zero-order chi connectivity index (χ0) is 10.9. The van der Waals surface area contributed by atoms with Crippen LogP contribution in [0.15, 0.2) is 23.8 Å². The second kappa shape index (κ2) is 9.50. The molecule has 1 aliphatic rings. The van der Waals surface area contributed by atoms with E-state index in [0.717, 1.165) is 5.57 Å². The average Bonchev–Trinajstić information content (AvgIpc) is 2.20. The Morgan fingerprint density at radius 3 is 1.92 bits per heavy atom. The first-order valence-corrected chi connectivity index (χ1v) is 5.21. The molecule has 0 N–H and O–H groups in total. The lowest BCUT2D eigenvalue weighted by Crippen LogP contribution is -2.13. The van der Waals surface area contributed by atoms with Crippen molar-refractivity contribution in [1.82, 2.24) is 0 Å². The van der Waals surface area contributed by atoms with Gasteiger partial charge in [-0.15, -0.1) is 0 Å². The van der Waals surface area contributed by atoms with Gasteiger partial charge in [-0.25, -0.2) is 4.39 Å². The second-order valence-electron chi connectivity index (χ2n) is 2.53. The van der Waals surface area contributed by atoms with E-state index in [4.69, 9.17) is 0 Å². The topological polar surface area (TPSA) is 0 Å². The summed E-state index contributed by atoms with van der Waals surface area (Å²) in [7, 11) is 0. The van der Waals surface area contributed by atoms with Gasteiger partial charge in [0.25, 0.3) is 0 Å². The van der Waals surface area contributed by atoms with Crippen molar-refractivity contribution in [3.05, 3.63) is 23.8 Å². The number of alkyl halides is 1. The van der Waals surface area contributed by atoms with Gasteiger partial charge >= 0.3 is 0 Å². The number of rotatable bonds is 0. The summed E-state index contributed by atoms with van der Waals surface area (Å²) in [6.45, 7) is 11.9. The molecule has 0 aromatic heterocycles. The molecule has 0 amide bonds. The van der Waals surface area contributed by atoms with Crippen molar-refractivity contribution < 1.29 is 4.39 Å². The fourth-order valence-electron chi connectivity index (χ4n) is 0.883. The third-order valence-electron chi connectivity index (χ3n) is 1.85. The van der Waals surface area contributed by atoms with E-state index in [1.807, 2.05) is 47.6 Å². The molecule has 0 radical (unpaired) electrons. The lowest BCUT2D eigenvalue weighted by atomic mass is 9.93. The molecule has 1 rings (SSSR count). The molecule has 0 aromatic carbocycles. The fourth-order valence-corrected chi connectivity index (χ4v) is 0.883. The maximum atomic E-state index is 12.7. The minimum absolute atomic E-state index is 0.0787. The minimum atomic E-state index is -0.769. The lowest BCUT2D eigenvalue weighted by Gasteiger charge is -2.16. The largest absolute Gasteiger partial charge is 0.242 e. The van der Waals surface area contributed by atoms with E-state index >= 15 is 0 Å². The summed E-state index contributed by atoms with van der Waals surface area (Å²) in [5, 5.41) is 0. The second-order valence-corrected chi connectivity index (χ2v) is 2.53. The van der Waals surface area contributed by atoms with E-state index in [9.17, 15) is 4.39 Å². The summed E-state index contributed by atoms with van der Waals surface area (Å²) in [5.41, 5.74) is 1.13. The zero-order valence-corrected chi connectivity index (χ0v) is 9.76. The smallest absolute Gasteiger partial charge is 0.125 e. The molecule has 1 heteroatoms. The first-order valence-electron chi connectivity index (χ1n) is 5.21. The van der Waals surface area contributed by atoms with Crippen LogP contribution in [-0.2, 0) is 0 Å². The van der Waals surface area contributed by atoms with Crippen LogP contribution in [-0.4, -0.2) is 6.17 Å². The van der Waals surface area contributed by atoms with Crippen molar-refractivity contribution in [2.45, 2.75) is 47.7 Å². The number of hydrogen-bond acceptors (Lipinski definition) is 0. The summed E-state index contributed by atoms with van der Waals surface area (Å²) in [6.07, 6.45) is 4.56. The minimum Gasteiger partial charge on any atom is -0.242 e. The molecular weight excluding hydrogens is 163 g/mol. The van der Waals surface area contributed by atoms with Crippen molar-refractivity contribution in [1.29, 1.82) is 0 Å². The summed E-state index contributed by atoms with van der Waals surface area (Å²) >= 11 is 0. The molecule has 1 aliphatic carbocycles. The van der Waals surface area contributed by atoms with Crippen LogP contribution >= 0.6 is 0 Å². The van der Waals surface area contributed by atoms with Crippen molar-refractivity contribution in [3.63, 3.8) is 0 Å². The summed E-state index contributed by atoms with van der Waals surface area (Å²) in [5.74, 6) is 0.0787. The summed E-state index contributed by atoms with van der Waals surface area (Å²) < 4.78 is 12.7. The van der Waals surface area contributed by atoms with E-state index in [1.165, 1.54) is 0 Å². The van der Waals surface area contributed by atoms with Gasteiger partial charge in [0.1, 0.15) is 6.17 Å². The Bertz CT molecular complexity index is 157. The van der Waals surface area contributed by atoms with E-state index < -0.39 is 6.17 Å². The van der Waals surface area contributed by atoms with Crippen LogP contribution in [0.3, 0.4) is 0 Å². The van der Waals surface area contributed by atoms with Crippen LogP contribution in [0.1, 0.15) is 41.5 Å². The van der Waals surface area contributed by atoms with Crippen LogP contribution in [0.5, 0.6) is 0 Å². The molecule has 78 valence electrons. The standard InChI is InChI=1S/C8H11F.2C2H6/c1-6-4-3-5-8(9)7(6)2;2*1-2/h3-5,7-8H,1-2H3;2*1-2H3. The highest BCUT2D eigenvalue weighted by Crippen LogP contribution is 2.21. The molecule has 0 heterocycles. The van der Waals surface area contributed by atoms with Gasteiger partial charge in [-0.05, 0) is 6.92 Å².